The number of nitrogens with zero attached hydrogens (tertiary/aromatic N) is 3. The fourth-order valence-corrected chi connectivity index (χ4v) is 3.95. The average molecular weight is 448 g/mol. The highest BCUT2D eigenvalue weighted by atomic mass is 32.2. The van der Waals surface area contributed by atoms with E-state index in [-0.39, 0.29) is 10.6 Å². The average Bonchev–Trinajstić information content (AvgIpc) is 3.57. The van der Waals surface area contributed by atoms with Crippen molar-refractivity contribution in [3.63, 3.8) is 0 Å². The van der Waals surface area contributed by atoms with Crippen LogP contribution in [0.1, 0.15) is 36.7 Å². The molecule has 2 aromatic rings. The fraction of sp³-hybridized carbons (Fsp3) is 0.400. The Bertz CT molecular complexity index is 1040. The standard InChI is InChI=1S/C20H25N5O5S/c1-2-9-25(12-14-3-4-14)18-10-17(21-13-22-18)20(28)24-15-5-7-16(8-6-15)31(29,30)23-11-19(26)27/h5-8,10,13-14,23H,2-4,9,11-12H2,1H3,(H,24,28)(H,26,27). The number of anilines is 2. The van der Waals surface area contributed by atoms with Gasteiger partial charge in [-0.05, 0) is 49.4 Å². The Labute approximate surface area is 180 Å². The zero-order valence-corrected chi connectivity index (χ0v) is 17.9. The maximum atomic E-state index is 12.6. The topological polar surface area (TPSA) is 142 Å². The monoisotopic (exact) mass is 447 g/mol. The largest absolute Gasteiger partial charge is 0.480 e. The number of aliphatic carboxylic acids is 1. The third kappa shape index (κ3) is 6.46. The summed E-state index contributed by atoms with van der Waals surface area (Å²) in [6.45, 7) is 3.14. The number of amides is 1. The lowest BCUT2D eigenvalue weighted by Crippen LogP contribution is -2.29. The summed E-state index contributed by atoms with van der Waals surface area (Å²) >= 11 is 0. The van der Waals surface area contributed by atoms with E-state index in [0.29, 0.717) is 17.4 Å². The highest BCUT2D eigenvalue weighted by Crippen LogP contribution is 2.31. The molecule has 1 fully saturated rings. The molecule has 1 aromatic heterocycles. The van der Waals surface area contributed by atoms with Gasteiger partial charge in [0.15, 0.2) is 0 Å². The molecule has 3 rings (SSSR count). The number of sulfonamides is 1. The molecule has 0 atom stereocenters. The quantitative estimate of drug-likeness (QED) is 0.473. The summed E-state index contributed by atoms with van der Waals surface area (Å²) in [7, 11) is -3.95. The van der Waals surface area contributed by atoms with E-state index >= 15 is 0 Å². The lowest BCUT2D eigenvalue weighted by atomic mass is 10.2. The van der Waals surface area contributed by atoms with Crippen molar-refractivity contribution in [3.05, 3.63) is 42.4 Å². The molecule has 3 N–H and O–H groups in total. The lowest BCUT2D eigenvalue weighted by Gasteiger charge is -2.23. The van der Waals surface area contributed by atoms with E-state index in [1.807, 2.05) is 4.72 Å². The molecular formula is C20H25N5O5S. The summed E-state index contributed by atoms with van der Waals surface area (Å²) in [5.41, 5.74) is 0.590. The van der Waals surface area contributed by atoms with Gasteiger partial charge in [0.1, 0.15) is 24.4 Å². The smallest absolute Gasteiger partial charge is 0.318 e. The predicted molar refractivity (Wildman–Crippen MR) is 114 cm³/mol. The van der Waals surface area contributed by atoms with Gasteiger partial charge >= 0.3 is 5.97 Å². The Kier molecular flexibility index (Phi) is 7.18. The molecule has 0 bridgehead atoms. The van der Waals surface area contributed by atoms with Gasteiger partial charge in [0.2, 0.25) is 10.0 Å². The highest BCUT2D eigenvalue weighted by Gasteiger charge is 2.25. The summed E-state index contributed by atoms with van der Waals surface area (Å²) in [6, 6.07) is 7.06. The summed E-state index contributed by atoms with van der Waals surface area (Å²) < 4.78 is 26.1. The van der Waals surface area contributed by atoms with Crippen molar-refractivity contribution >= 4 is 33.4 Å². The first kappa shape index (κ1) is 22.6. The van der Waals surface area contributed by atoms with Gasteiger partial charge < -0.3 is 15.3 Å². The van der Waals surface area contributed by atoms with Crippen LogP contribution in [0.4, 0.5) is 11.5 Å². The van der Waals surface area contributed by atoms with Crippen LogP contribution >= 0.6 is 0 Å². The maximum Gasteiger partial charge on any atom is 0.318 e. The summed E-state index contributed by atoms with van der Waals surface area (Å²) in [6.07, 6.45) is 4.77. The fourth-order valence-electron chi connectivity index (χ4n) is 2.98. The number of nitrogens with one attached hydrogen (secondary N) is 2. The van der Waals surface area contributed by atoms with Gasteiger partial charge in [-0.3, -0.25) is 9.59 Å². The molecule has 31 heavy (non-hydrogen) atoms. The second kappa shape index (κ2) is 9.84. The Balaban J connectivity index is 1.68. The van der Waals surface area contributed by atoms with Crippen molar-refractivity contribution in [2.45, 2.75) is 31.1 Å². The molecule has 0 saturated heterocycles. The van der Waals surface area contributed by atoms with Crippen molar-refractivity contribution < 1.29 is 23.1 Å². The molecule has 11 heteroatoms. The van der Waals surface area contributed by atoms with Crippen LogP contribution in [-0.2, 0) is 14.8 Å². The minimum atomic E-state index is -3.95. The number of hydrogen-bond donors (Lipinski definition) is 3. The first-order valence-corrected chi connectivity index (χ1v) is 11.5. The van der Waals surface area contributed by atoms with E-state index < -0.39 is 28.4 Å². The van der Waals surface area contributed by atoms with Gasteiger partial charge in [-0.25, -0.2) is 18.4 Å². The van der Waals surface area contributed by atoms with E-state index in [0.717, 1.165) is 19.5 Å². The number of carbonyl (C=O) groups is 2. The Morgan fingerprint density at radius 2 is 1.90 bits per heavy atom. The number of rotatable bonds is 11. The lowest BCUT2D eigenvalue weighted by molar-refractivity contribution is -0.135. The normalized spacial score (nSPS) is 13.6. The Morgan fingerprint density at radius 3 is 2.52 bits per heavy atom. The third-order valence-corrected chi connectivity index (χ3v) is 6.13. The molecule has 0 unspecified atom stereocenters. The zero-order chi connectivity index (χ0) is 22.4. The molecule has 1 aliphatic carbocycles. The van der Waals surface area contributed by atoms with Crippen LogP contribution in [0.2, 0.25) is 0 Å². The van der Waals surface area contributed by atoms with E-state index in [2.05, 4.69) is 27.1 Å². The second-order valence-corrected chi connectivity index (χ2v) is 9.11. The molecule has 1 amide bonds. The number of benzene rings is 1. The molecule has 0 aliphatic heterocycles. The number of carboxylic acid groups (broad SMARTS) is 1. The van der Waals surface area contributed by atoms with Crippen LogP contribution in [0.15, 0.2) is 41.6 Å². The van der Waals surface area contributed by atoms with Crippen molar-refractivity contribution in [1.29, 1.82) is 0 Å². The van der Waals surface area contributed by atoms with E-state index in [4.69, 9.17) is 5.11 Å². The van der Waals surface area contributed by atoms with Gasteiger partial charge in [0, 0.05) is 24.8 Å². The molecule has 166 valence electrons. The Hall–Kier alpha value is -3.05. The molecule has 1 saturated carbocycles. The van der Waals surface area contributed by atoms with Crippen molar-refractivity contribution in [3.8, 4) is 0 Å². The first-order chi connectivity index (χ1) is 14.8. The van der Waals surface area contributed by atoms with Gasteiger partial charge in [-0.2, -0.15) is 4.72 Å². The number of carbonyl (C=O) groups excluding carboxylic acids is 1. The van der Waals surface area contributed by atoms with Crippen LogP contribution in [0.25, 0.3) is 0 Å². The molecule has 0 spiro atoms. The number of aromatic nitrogens is 2. The van der Waals surface area contributed by atoms with Crippen LogP contribution in [0, 0.1) is 5.92 Å². The van der Waals surface area contributed by atoms with Crippen LogP contribution < -0.4 is 14.9 Å². The van der Waals surface area contributed by atoms with Gasteiger partial charge in [0.25, 0.3) is 5.91 Å². The minimum absolute atomic E-state index is 0.105. The highest BCUT2D eigenvalue weighted by molar-refractivity contribution is 7.89. The maximum absolute atomic E-state index is 12.6. The Morgan fingerprint density at radius 1 is 1.19 bits per heavy atom. The second-order valence-electron chi connectivity index (χ2n) is 7.35. The molecule has 1 heterocycles. The van der Waals surface area contributed by atoms with Crippen molar-refractivity contribution in [2.75, 3.05) is 29.9 Å². The van der Waals surface area contributed by atoms with Crippen LogP contribution in [-0.4, -0.2) is 55.0 Å². The minimum Gasteiger partial charge on any atom is -0.480 e. The third-order valence-electron chi connectivity index (χ3n) is 4.71. The molecular weight excluding hydrogens is 422 g/mol. The number of carboxylic acids is 1. The van der Waals surface area contributed by atoms with Crippen molar-refractivity contribution in [2.24, 2.45) is 5.92 Å². The molecule has 1 aliphatic rings. The SMILES string of the molecule is CCCN(CC1CC1)c1cc(C(=O)Nc2ccc(S(=O)(=O)NCC(=O)O)cc2)ncn1. The molecule has 1 aromatic carbocycles. The first-order valence-electron chi connectivity index (χ1n) is 9.98. The van der Waals surface area contributed by atoms with E-state index in [1.165, 1.54) is 43.4 Å². The van der Waals surface area contributed by atoms with E-state index in [9.17, 15) is 18.0 Å². The van der Waals surface area contributed by atoms with E-state index in [1.54, 1.807) is 6.07 Å². The van der Waals surface area contributed by atoms with Gasteiger partial charge in [-0.1, -0.05) is 6.92 Å². The number of hydrogen-bond acceptors (Lipinski definition) is 7. The predicted octanol–water partition coefficient (Wildman–Crippen LogP) is 1.72. The van der Waals surface area contributed by atoms with Gasteiger partial charge in [-0.15, -0.1) is 0 Å². The summed E-state index contributed by atoms with van der Waals surface area (Å²) in [5.74, 6) is -0.337. The van der Waals surface area contributed by atoms with Crippen LogP contribution in [0.3, 0.4) is 0 Å². The summed E-state index contributed by atoms with van der Waals surface area (Å²) in [4.78, 5) is 33.6. The molecule has 10 nitrogen and oxygen atoms in total. The molecule has 0 radical (unpaired) electrons. The van der Waals surface area contributed by atoms with Crippen LogP contribution in [0.5, 0.6) is 0 Å². The van der Waals surface area contributed by atoms with Crippen molar-refractivity contribution in [1.82, 2.24) is 14.7 Å². The zero-order valence-electron chi connectivity index (χ0n) is 17.1. The summed E-state index contributed by atoms with van der Waals surface area (Å²) in [5, 5.41) is 11.3. The van der Waals surface area contributed by atoms with Gasteiger partial charge in [0.05, 0.1) is 4.90 Å².